The quantitative estimate of drug-likeness (QED) is 0.793. The molecule has 1 fully saturated rings. The van der Waals surface area contributed by atoms with Crippen LogP contribution in [0.15, 0.2) is 30.6 Å². The Labute approximate surface area is 142 Å². The molecule has 2 aromatic heterocycles. The minimum Gasteiger partial charge on any atom is -0.348 e. The van der Waals surface area contributed by atoms with Crippen molar-refractivity contribution < 1.29 is 0 Å². The Morgan fingerprint density at radius 3 is 2.71 bits per heavy atom. The van der Waals surface area contributed by atoms with Gasteiger partial charge in [-0.1, -0.05) is 19.1 Å². The zero-order chi connectivity index (χ0) is 16.5. The summed E-state index contributed by atoms with van der Waals surface area (Å²) in [5, 5.41) is 0. The molecule has 0 saturated carbocycles. The predicted octanol–water partition coefficient (Wildman–Crippen LogP) is 3.86. The first-order valence-corrected chi connectivity index (χ1v) is 8.98. The van der Waals surface area contributed by atoms with Gasteiger partial charge in [-0.2, -0.15) is 0 Å². The van der Waals surface area contributed by atoms with Crippen LogP contribution in [0.25, 0.3) is 11.0 Å². The Kier molecular flexibility index (Phi) is 4.00. The van der Waals surface area contributed by atoms with E-state index in [1.807, 2.05) is 6.33 Å². The van der Waals surface area contributed by atoms with Gasteiger partial charge in [0.25, 0.3) is 0 Å². The second-order valence-electron chi connectivity index (χ2n) is 6.73. The van der Waals surface area contributed by atoms with Crippen LogP contribution in [0.5, 0.6) is 0 Å². The molecule has 1 aliphatic rings. The van der Waals surface area contributed by atoms with Gasteiger partial charge in [-0.3, -0.25) is 0 Å². The summed E-state index contributed by atoms with van der Waals surface area (Å²) in [6, 6.07) is 8.47. The third kappa shape index (κ3) is 2.58. The number of imidazole rings is 2. The molecule has 0 aliphatic carbocycles. The van der Waals surface area contributed by atoms with Gasteiger partial charge in [0.15, 0.2) is 0 Å². The van der Waals surface area contributed by atoms with E-state index in [1.54, 1.807) is 0 Å². The van der Waals surface area contributed by atoms with Crippen molar-refractivity contribution in [3.63, 3.8) is 0 Å². The fourth-order valence-electron chi connectivity index (χ4n) is 3.88. The van der Waals surface area contributed by atoms with E-state index in [0.717, 1.165) is 50.4 Å². The lowest BCUT2D eigenvalue weighted by molar-refractivity contribution is 0.484. The summed E-state index contributed by atoms with van der Waals surface area (Å²) in [5.74, 6) is 1.70. The number of nitrogens with one attached hydrogen (secondary N) is 1. The van der Waals surface area contributed by atoms with E-state index in [0.29, 0.717) is 5.92 Å². The largest absolute Gasteiger partial charge is 0.348 e. The highest BCUT2D eigenvalue weighted by Crippen LogP contribution is 2.32. The Morgan fingerprint density at radius 1 is 1.21 bits per heavy atom. The van der Waals surface area contributed by atoms with Gasteiger partial charge >= 0.3 is 0 Å². The average Bonchev–Trinajstić information content (AvgIpc) is 3.20. The minimum absolute atomic E-state index is 0.566. The molecule has 1 saturated heterocycles. The van der Waals surface area contributed by atoms with Crippen LogP contribution in [0.4, 0.5) is 5.95 Å². The van der Waals surface area contributed by atoms with Crippen molar-refractivity contribution in [2.45, 2.75) is 45.6 Å². The molecule has 0 spiro atoms. The Bertz CT molecular complexity index is 823. The summed E-state index contributed by atoms with van der Waals surface area (Å²) in [5.41, 5.74) is 4.81. The monoisotopic (exact) mass is 323 g/mol. The molecule has 126 valence electrons. The zero-order valence-electron chi connectivity index (χ0n) is 14.5. The lowest BCUT2D eigenvalue weighted by atomic mass is 9.93. The summed E-state index contributed by atoms with van der Waals surface area (Å²) in [7, 11) is 0. The number of nitrogens with zero attached hydrogens (tertiary/aromatic N) is 4. The van der Waals surface area contributed by atoms with Crippen LogP contribution < -0.4 is 4.90 Å². The molecular formula is C19H25N5. The SMILES string of the molecule is CCCn1c(N2CCC(c3nc[nH]c3C)CC2)nc2ccccc21. The summed E-state index contributed by atoms with van der Waals surface area (Å²) in [6.45, 7) is 7.46. The van der Waals surface area contributed by atoms with Crippen LogP contribution >= 0.6 is 0 Å². The molecule has 3 aromatic rings. The summed E-state index contributed by atoms with van der Waals surface area (Å²) in [4.78, 5) is 15.1. The van der Waals surface area contributed by atoms with Gasteiger partial charge in [0, 0.05) is 31.2 Å². The van der Waals surface area contributed by atoms with E-state index >= 15 is 0 Å². The van der Waals surface area contributed by atoms with Gasteiger partial charge in [-0.05, 0) is 38.3 Å². The van der Waals surface area contributed by atoms with Gasteiger partial charge in [-0.15, -0.1) is 0 Å². The Balaban J connectivity index is 1.58. The van der Waals surface area contributed by atoms with E-state index in [-0.39, 0.29) is 0 Å². The van der Waals surface area contributed by atoms with Gasteiger partial charge in [0.2, 0.25) is 5.95 Å². The smallest absolute Gasteiger partial charge is 0.206 e. The topological polar surface area (TPSA) is 49.7 Å². The molecule has 4 rings (SSSR count). The number of hydrogen-bond donors (Lipinski definition) is 1. The molecule has 1 aliphatic heterocycles. The maximum atomic E-state index is 4.93. The molecule has 5 heteroatoms. The number of H-pyrrole nitrogens is 1. The number of fused-ring (bicyclic) bond motifs is 1. The van der Waals surface area contributed by atoms with Crippen molar-refractivity contribution >= 4 is 17.0 Å². The van der Waals surface area contributed by atoms with Gasteiger partial charge in [0.1, 0.15) is 0 Å². The van der Waals surface area contributed by atoms with Crippen LogP contribution in [0.2, 0.25) is 0 Å². The molecule has 5 nitrogen and oxygen atoms in total. The second-order valence-corrected chi connectivity index (χ2v) is 6.73. The van der Waals surface area contributed by atoms with Crippen LogP contribution in [0, 0.1) is 6.92 Å². The van der Waals surface area contributed by atoms with Gasteiger partial charge in [-0.25, -0.2) is 9.97 Å². The number of anilines is 1. The van der Waals surface area contributed by atoms with Crippen molar-refractivity contribution in [3.8, 4) is 0 Å². The lowest BCUT2D eigenvalue weighted by Crippen LogP contribution is -2.35. The second kappa shape index (κ2) is 6.30. The molecule has 0 bridgehead atoms. The van der Waals surface area contributed by atoms with Crippen LogP contribution in [0.3, 0.4) is 0 Å². The molecule has 0 unspecified atom stereocenters. The van der Waals surface area contributed by atoms with Crippen molar-refractivity contribution in [1.82, 2.24) is 19.5 Å². The number of para-hydroxylation sites is 2. The van der Waals surface area contributed by atoms with Crippen molar-refractivity contribution in [1.29, 1.82) is 0 Å². The molecule has 3 heterocycles. The zero-order valence-corrected chi connectivity index (χ0v) is 14.5. The predicted molar refractivity (Wildman–Crippen MR) is 97.5 cm³/mol. The fraction of sp³-hybridized carbons (Fsp3) is 0.474. The highest BCUT2D eigenvalue weighted by molar-refractivity contribution is 5.78. The van der Waals surface area contributed by atoms with Gasteiger partial charge < -0.3 is 14.5 Å². The van der Waals surface area contributed by atoms with Crippen molar-refractivity contribution in [2.24, 2.45) is 0 Å². The number of aromatic amines is 1. The van der Waals surface area contributed by atoms with E-state index < -0.39 is 0 Å². The number of aromatic nitrogens is 4. The highest BCUT2D eigenvalue weighted by atomic mass is 15.3. The third-order valence-corrected chi connectivity index (χ3v) is 5.12. The molecule has 0 amide bonds. The molecule has 0 atom stereocenters. The maximum absolute atomic E-state index is 4.93. The van der Waals surface area contributed by atoms with Crippen molar-refractivity contribution in [3.05, 3.63) is 42.0 Å². The standard InChI is InChI=1S/C19H25N5/c1-3-10-24-17-7-5-4-6-16(17)22-19(24)23-11-8-15(9-12-23)18-14(2)20-13-21-18/h4-7,13,15H,3,8-12H2,1-2H3,(H,20,21). The number of aryl methyl sites for hydroxylation is 2. The molecule has 1 N–H and O–H groups in total. The summed E-state index contributed by atoms with van der Waals surface area (Å²) >= 11 is 0. The number of benzene rings is 1. The van der Waals surface area contributed by atoms with Gasteiger partial charge in [0.05, 0.1) is 23.1 Å². The van der Waals surface area contributed by atoms with Crippen LogP contribution in [0.1, 0.15) is 43.5 Å². The average molecular weight is 323 g/mol. The molecule has 0 radical (unpaired) electrons. The van der Waals surface area contributed by atoms with Crippen LogP contribution in [-0.2, 0) is 6.54 Å². The maximum Gasteiger partial charge on any atom is 0.206 e. The van der Waals surface area contributed by atoms with E-state index in [9.17, 15) is 0 Å². The van der Waals surface area contributed by atoms with Crippen molar-refractivity contribution in [2.75, 3.05) is 18.0 Å². The van der Waals surface area contributed by atoms with E-state index in [4.69, 9.17) is 4.98 Å². The third-order valence-electron chi connectivity index (χ3n) is 5.12. The normalized spacial score (nSPS) is 16.2. The fourth-order valence-corrected chi connectivity index (χ4v) is 3.88. The minimum atomic E-state index is 0.566. The lowest BCUT2D eigenvalue weighted by Gasteiger charge is -2.32. The summed E-state index contributed by atoms with van der Waals surface area (Å²) < 4.78 is 2.38. The van der Waals surface area contributed by atoms with E-state index in [1.165, 1.54) is 16.9 Å². The number of hydrogen-bond acceptors (Lipinski definition) is 3. The Morgan fingerprint density at radius 2 is 2.00 bits per heavy atom. The van der Waals surface area contributed by atoms with E-state index in [2.05, 4.69) is 57.5 Å². The summed E-state index contributed by atoms with van der Waals surface area (Å²) in [6.07, 6.45) is 5.22. The van der Waals surface area contributed by atoms with Crippen LogP contribution in [-0.4, -0.2) is 32.6 Å². The highest BCUT2D eigenvalue weighted by Gasteiger charge is 2.26. The first-order valence-electron chi connectivity index (χ1n) is 8.98. The molecular weight excluding hydrogens is 298 g/mol. The Hall–Kier alpha value is -2.30. The molecule has 1 aromatic carbocycles. The molecule has 24 heavy (non-hydrogen) atoms. The number of piperidine rings is 1. The number of rotatable bonds is 4. The first kappa shape index (κ1) is 15.2. The first-order chi connectivity index (χ1) is 11.8.